The number of furan rings is 1. The summed E-state index contributed by atoms with van der Waals surface area (Å²) >= 11 is 5.88. The summed E-state index contributed by atoms with van der Waals surface area (Å²) in [5.74, 6) is -0.168. The molecule has 4 aromatic rings. The van der Waals surface area contributed by atoms with Crippen LogP contribution in [0, 0.1) is 0 Å². The molecule has 0 aliphatic carbocycles. The highest BCUT2D eigenvalue weighted by Crippen LogP contribution is 2.27. The van der Waals surface area contributed by atoms with E-state index in [2.05, 4.69) is 25.2 Å². The van der Waals surface area contributed by atoms with Crippen LogP contribution in [0.1, 0.15) is 10.4 Å². The summed E-state index contributed by atoms with van der Waals surface area (Å²) in [6.45, 7) is -3.10. The first-order valence-corrected chi connectivity index (χ1v) is 8.77. The van der Waals surface area contributed by atoms with Gasteiger partial charge in [-0.15, -0.1) is 10.2 Å². The number of anilines is 1. The molecule has 30 heavy (non-hydrogen) atoms. The van der Waals surface area contributed by atoms with Gasteiger partial charge in [0.05, 0.1) is 11.8 Å². The van der Waals surface area contributed by atoms with Crippen molar-refractivity contribution < 1.29 is 27.1 Å². The molecule has 11 heteroatoms. The zero-order chi connectivity index (χ0) is 21.1. The number of alkyl halides is 2. The van der Waals surface area contributed by atoms with Crippen LogP contribution < -0.4 is 10.1 Å². The van der Waals surface area contributed by atoms with Gasteiger partial charge in [-0.05, 0) is 42.5 Å². The molecule has 0 fully saturated rings. The number of halogens is 3. The summed E-state index contributed by atoms with van der Waals surface area (Å²) < 4.78 is 40.3. The predicted molar refractivity (Wildman–Crippen MR) is 101 cm³/mol. The molecule has 0 spiro atoms. The monoisotopic (exact) mass is 432 g/mol. The summed E-state index contributed by atoms with van der Waals surface area (Å²) in [4.78, 5) is 16.6. The van der Waals surface area contributed by atoms with E-state index in [4.69, 9.17) is 20.4 Å². The van der Waals surface area contributed by atoms with E-state index in [-0.39, 0.29) is 33.9 Å². The summed E-state index contributed by atoms with van der Waals surface area (Å²) in [5, 5.41) is 10.5. The highest BCUT2D eigenvalue weighted by Gasteiger charge is 2.18. The number of benzene rings is 1. The van der Waals surface area contributed by atoms with Crippen LogP contribution in [-0.4, -0.2) is 27.7 Å². The number of aromatic nitrogens is 3. The molecular weight excluding hydrogens is 422 g/mol. The van der Waals surface area contributed by atoms with Gasteiger partial charge in [0.25, 0.3) is 11.8 Å². The van der Waals surface area contributed by atoms with E-state index in [1.807, 2.05) is 0 Å². The SMILES string of the molecule is O=C(Nc1cc(-c2nnc(-c3ccco3)o2)ccn1)c1cc(Cl)ccc1OC(F)F. The molecular formula is C19H11ClF2N4O4. The van der Waals surface area contributed by atoms with Gasteiger partial charge in [-0.2, -0.15) is 8.78 Å². The molecule has 0 bridgehead atoms. The number of carbonyl (C=O) groups excluding carboxylic acids is 1. The third-order valence-corrected chi connectivity index (χ3v) is 4.04. The minimum absolute atomic E-state index is 0.123. The highest BCUT2D eigenvalue weighted by molar-refractivity contribution is 6.31. The van der Waals surface area contributed by atoms with E-state index in [0.717, 1.165) is 0 Å². The fourth-order valence-corrected chi connectivity index (χ4v) is 2.71. The van der Waals surface area contributed by atoms with E-state index >= 15 is 0 Å². The van der Waals surface area contributed by atoms with Gasteiger partial charge in [0.1, 0.15) is 11.6 Å². The third kappa shape index (κ3) is 4.28. The molecule has 1 aromatic carbocycles. The fraction of sp³-hybridized carbons (Fsp3) is 0.0526. The average molecular weight is 433 g/mol. The van der Waals surface area contributed by atoms with Gasteiger partial charge in [0.2, 0.25) is 5.89 Å². The lowest BCUT2D eigenvalue weighted by atomic mass is 10.2. The largest absolute Gasteiger partial charge is 0.459 e. The number of pyridine rings is 1. The molecule has 0 atom stereocenters. The van der Waals surface area contributed by atoms with E-state index in [9.17, 15) is 13.6 Å². The lowest BCUT2D eigenvalue weighted by molar-refractivity contribution is -0.0501. The van der Waals surface area contributed by atoms with Crippen molar-refractivity contribution in [2.45, 2.75) is 6.61 Å². The minimum atomic E-state index is -3.10. The number of hydrogen-bond donors (Lipinski definition) is 1. The molecule has 1 amide bonds. The van der Waals surface area contributed by atoms with E-state index in [1.54, 1.807) is 18.2 Å². The second kappa shape index (κ2) is 8.29. The van der Waals surface area contributed by atoms with Crippen molar-refractivity contribution in [2.75, 3.05) is 5.32 Å². The maximum Gasteiger partial charge on any atom is 0.387 e. The molecule has 4 rings (SSSR count). The van der Waals surface area contributed by atoms with Gasteiger partial charge >= 0.3 is 6.61 Å². The van der Waals surface area contributed by atoms with Gasteiger partial charge < -0.3 is 18.9 Å². The Balaban J connectivity index is 1.57. The van der Waals surface area contributed by atoms with Crippen molar-refractivity contribution in [3.63, 3.8) is 0 Å². The van der Waals surface area contributed by atoms with Crippen LogP contribution in [0.15, 0.2) is 63.8 Å². The smallest absolute Gasteiger partial charge is 0.387 e. The number of nitrogens with zero attached hydrogens (tertiary/aromatic N) is 3. The lowest BCUT2D eigenvalue weighted by Gasteiger charge is -2.11. The number of amides is 1. The molecule has 1 N–H and O–H groups in total. The standard InChI is InChI=1S/C19H11ClF2N4O4/c20-11-3-4-13(29-19(21)22)12(9-11)16(27)24-15-8-10(5-6-23-15)17-25-26-18(30-17)14-2-1-7-28-14/h1-9,19H,(H,23,24,27). The second-order valence-electron chi connectivity index (χ2n) is 5.79. The topological polar surface area (TPSA) is 103 Å². The van der Waals surface area contributed by atoms with Gasteiger partial charge in [0, 0.05) is 16.8 Å². The number of ether oxygens (including phenoxy) is 1. The quantitative estimate of drug-likeness (QED) is 0.462. The van der Waals surface area contributed by atoms with E-state index in [0.29, 0.717) is 11.3 Å². The lowest BCUT2D eigenvalue weighted by Crippen LogP contribution is -2.15. The van der Waals surface area contributed by atoms with Gasteiger partial charge in [0.15, 0.2) is 5.76 Å². The average Bonchev–Trinajstić information content (AvgIpc) is 3.41. The number of nitrogens with one attached hydrogen (secondary N) is 1. The van der Waals surface area contributed by atoms with Crippen LogP contribution >= 0.6 is 11.6 Å². The first-order valence-electron chi connectivity index (χ1n) is 8.39. The van der Waals surface area contributed by atoms with E-state index < -0.39 is 12.5 Å². The van der Waals surface area contributed by atoms with Crippen LogP contribution in [-0.2, 0) is 0 Å². The summed E-state index contributed by atoms with van der Waals surface area (Å²) in [6.07, 6.45) is 2.89. The maximum atomic E-state index is 12.6. The second-order valence-corrected chi connectivity index (χ2v) is 6.23. The van der Waals surface area contributed by atoms with Crippen molar-refractivity contribution in [1.82, 2.24) is 15.2 Å². The Morgan fingerprint density at radius 2 is 1.97 bits per heavy atom. The van der Waals surface area contributed by atoms with Crippen molar-refractivity contribution in [2.24, 2.45) is 0 Å². The van der Waals surface area contributed by atoms with Crippen molar-refractivity contribution >= 4 is 23.3 Å². The van der Waals surface area contributed by atoms with Crippen LogP contribution in [0.5, 0.6) is 5.75 Å². The fourth-order valence-electron chi connectivity index (χ4n) is 2.53. The number of carbonyl (C=O) groups is 1. The van der Waals surface area contributed by atoms with Crippen molar-refractivity contribution in [1.29, 1.82) is 0 Å². The third-order valence-electron chi connectivity index (χ3n) is 3.81. The van der Waals surface area contributed by atoms with Crippen LogP contribution in [0.2, 0.25) is 5.02 Å². The van der Waals surface area contributed by atoms with Gasteiger partial charge in [-0.25, -0.2) is 4.98 Å². The van der Waals surface area contributed by atoms with Crippen molar-refractivity contribution in [3.8, 4) is 28.9 Å². The van der Waals surface area contributed by atoms with Gasteiger partial charge in [-0.1, -0.05) is 11.6 Å². The van der Waals surface area contributed by atoms with Crippen LogP contribution in [0.3, 0.4) is 0 Å². The molecule has 8 nitrogen and oxygen atoms in total. The van der Waals surface area contributed by atoms with Gasteiger partial charge in [-0.3, -0.25) is 4.79 Å². The molecule has 3 aromatic heterocycles. The molecule has 3 heterocycles. The van der Waals surface area contributed by atoms with Crippen LogP contribution in [0.4, 0.5) is 14.6 Å². The summed E-state index contributed by atoms with van der Waals surface area (Å²) in [7, 11) is 0. The van der Waals surface area contributed by atoms with Crippen molar-refractivity contribution in [3.05, 3.63) is 65.5 Å². The zero-order valence-corrected chi connectivity index (χ0v) is 15.6. The Labute approximate surface area is 172 Å². The Kier molecular flexibility index (Phi) is 5.40. The Morgan fingerprint density at radius 1 is 1.13 bits per heavy atom. The Bertz CT molecular complexity index is 1180. The van der Waals surface area contributed by atoms with E-state index in [1.165, 1.54) is 36.7 Å². The number of hydrogen-bond acceptors (Lipinski definition) is 7. The zero-order valence-electron chi connectivity index (χ0n) is 14.9. The number of rotatable bonds is 6. The first-order chi connectivity index (χ1) is 14.5. The van der Waals surface area contributed by atoms with Crippen LogP contribution in [0.25, 0.3) is 23.1 Å². The molecule has 0 unspecified atom stereocenters. The maximum absolute atomic E-state index is 12.6. The summed E-state index contributed by atoms with van der Waals surface area (Å²) in [5.41, 5.74) is 0.300. The Hall–Kier alpha value is -3.79. The molecule has 0 saturated heterocycles. The minimum Gasteiger partial charge on any atom is -0.459 e. The molecule has 152 valence electrons. The molecule has 0 saturated carbocycles. The first kappa shape index (κ1) is 19.5. The summed E-state index contributed by atoms with van der Waals surface area (Å²) in [6, 6.07) is 10.2. The normalized spacial score (nSPS) is 10.9. The molecule has 0 aliphatic heterocycles. The highest BCUT2D eigenvalue weighted by atomic mass is 35.5. The molecule has 0 radical (unpaired) electrons. The predicted octanol–water partition coefficient (Wildman–Crippen LogP) is 4.90. The Morgan fingerprint density at radius 3 is 2.73 bits per heavy atom. The molecule has 0 aliphatic rings.